The van der Waals surface area contributed by atoms with E-state index >= 15 is 0 Å². The zero-order valence-corrected chi connectivity index (χ0v) is 10.3. The molecule has 1 heterocycles. The number of aliphatic hydroxyl groups excluding tert-OH is 3. The highest BCUT2D eigenvalue weighted by molar-refractivity contribution is 5.94. The molecule has 0 spiro atoms. The summed E-state index contributed by atoms with van der Waals surface area (Å²) in [5, 5.41) is 28.8. The average molecular weight is 265 g/mol. The van der Waals surface area contributed by atoms with Crippen LogP contribution in [0, 0.1) is 0 Å². The summed E-state index contributed by atoms with van der Waals surface area (Å²) in [6.45, 7) is -0.530. The van der Waals surface area contributed by atoms with Gasteiger partial charge in [0.15, 0.2) is 0 Å². The van der Waals surface area contributed by atoms with Gasteiger partial charge in [0.2, 0.25) is 0 Å². The first kappa shape index (κ1) is 13.5. The highest BCUT2D eigenvalue weighted by Crippen LogP contribution is 2.23. The molecule has 2 atom stereocenters. The van der Waals surface area contributed by atoms with Crippen molar-refractivity contribution in [3.05, 3.63) is 35.5 Å². The smallest absolute Gasteiger partial charge is 0.354 e. The second-order valence-electron chi connectivity index (χ2n) is 4.22. The van der Waals surface area contributed by atoms with Crippen LogP contribution in [0.5, 0.6) is 0 Å². The van der Waals surface area contributed by atoms with Crippen molar-refractivity contribution in [2.45, 2.75) is 12.2 Å². The number of aromatic nitrogens is 1. The van der Waals surface area contributed by atoms with E-state index in [1.807, 2.05) is 0 Å². The summed E-state index contributed by atoms with van der Waals surface area (Å²) >= 11 is 0. The fourth-order valence-corrected chi connectivity index (χ4v) is 1.87. The van der Waals surface area contributed by atoms with Crippen molar-refractivity contribution in [2.24, 2.45) is 0 Å². The number of aromatic amines is 1. The van der Waals surface area contributed by atoms with Crippen LogP contribution < -0.4 is 0 Å². The summed E-state index contributed by atoms with van der Waals surface area (Å²) in [7, 11) is 1.29. The summed E-state index contributed by atoms with van der Waals surface area (Å²) in [5.41, 5.74) is 1.40. The molecule has 4 N–H and O–H groups in total. The molecule has 2 unspecified atom stereocenters. The molecule has 0 aliphatic rings. The van der Waals surface area contributed by atoms with Crippen LogP contribution >= 0.6 is 0 Å². The monoisotopic (exact) mass is 265 g/mol. The van der Waals surface area contributed by atoms with Crippen molar-refractivity contribution in [3.8, 4) is 0 Å². The Morgan fingerprint density at radius 3 is 2.74 bits per heavy atom. The number of nitrogens with one attached hydrogen (secondary N) is 1. The summed E-state index contributed by atoms with van der Waals surface area (Å²) in [6, 6.07) is 6.59. The van der Waals surface area contributed by atoms with Crippen molar-refractivity contribution >= 4 is 16.9 Å². The Labute approximate surface area is 109 Å². The van der Waals surface area contributed by atoms with Crippen molar-refractivity contribution < 1.29 is 24.9 Å². The Kier molecular flexibility index (Phi) is 3.84. The first-order chi connectivity index (χ1) is 9.06. The van der Waals surface area contributed by atoms with E-state index in [4.69, 9.17) is 5.11 Å². The van der Waals surface area contributed by atoms with Crippen LogP contribution in [-0.2, 0) is 4.74 Å². The highest BCUT2D eigenvalue weighted by atomic mass is 16.5. The predicted molar refractivity (Wildman–Crippen MR) is 67.7 cm³/mol. The molecule has 1 aromatic carbocycles. The number of rotatable bonds is 4. The van der Waals surface area contributed by atoms with Crippen molar-refractivity contribution in [3.63, 3.8) is 0 Å². The molecule has 0 bridgehead atoms. The van der Waals surface area contributed by atoms with Crippen LogP contribution in [0.2, 0.25) is 0 Å². The number of methoxy groups -OCH3 is 1. The Hall–Kier alpha value is -1.89. The number of benzene rings is 1. The minimum atomic E-state index is -1.24. The zero-order valence-electron chi connectivity index (χ0n) is 10.3. The van der Waals surface area contributed by atoms with E-state index in [9.17, 15) is 15.0 Å². The lowest BCUT2D eigenvalue weighted by Crippen LogP contribution is -2.21. The molecule has 1 aromatic heterocycles. The number of hydrogen-bond donors (Lipinski definition) is 4. The van der Waals surface area contributed by atoms with Gasteiger partial charge in [0, 0.05) is 10.9 Å². The van der Waals surface area contributed by atoms with Gasteiger partial charge in [0.25, 0.3) is 0 Å². The topological polar surface area (TPSA) is 103 Å². The van der Waals surface area contributed by atoms with E-state index in [0.717, 1.165) is 5.39 Å². The quantitative estimate of drug-likeness (QED) is 0.597. The standard InChI is InChI=1S/C13H15NO5/c1-19-13(18)10-4-7-2-3-8(5-9(7)14-10)12(17)11(16)6-15/h2-5,11-12,14-17H,6H2,1H3. The molecule has 0 fully saturated rings. The maximum Gasteiger partial charge on any atom is 0.354 e. The lowest BCUT2D eigenvalue weighted by atomic mass is 10.0. The lowest BCUT2D eigenvalue weighted by molar-refractivity contribution is -0.0152. The first-order valence-corrected chi connectivity index (χ1v) is 5.74. The largest absolute Gasteiger partial charge is 0.464 e. The molecular formula is C13H15NO5. The van der Waals surface area contributed by atoms with Crippen molar-refractivity contribution in [2.75, 3.05) is 13.7 Å². The Balaban J connectivity index is 2.37. The number of carbonyl (C=O) groups is 1. The van der Waals surface area contributed by atoms with Crippen molar-refractivity contribution in [1.29, 1.82) is 0 Å². The van der Waals surface area contributed by atoms with E-state index in [-0.39, 0.29) is 0 Å². The molecular weight excluding hydrogens is 250 g/mol. The van der Waals surface area contributed by atoms with Crippen LogP contribution in [0.1, 0.15) is 22.2 Å². The number of aliphatic hydroxyl groups is 3. The van der Waals surface area contributed by atoms with E-state index in [1.165, 1.54) is 7.11 Å². The van der Waals surface area contributed by atoms with Crippen LogP contribution in [0.25, 0.3) is 10.9 Å². The second-order valence-corrected chi connectivity index (χ2v) is 4.22. The van der Waals surface area contributed by atoms with Gasteiger partial charge in [-0.15, -0.1) is 0 Å². The van der Waals surface area contributed by atoms with Gasteiger partial charge in [-0.05, 0) is 17.7 Å². The summed E-state index contributed by atoms with van der Waals surface area (Å²) < 4.78 is 4.61. The van der Waals surface area contributed by atoms with Gasteiger partial charge in [0.1, 0.15) is 17.9 Å². The minimum Gasteiger partial charge on any atom is -0.464 e. The summed E-state index contributed by atoms with van der Waals surface area (Å²) in [4.78, 5) is 14.2. The van der Waals surface area contributed by atoms with E-state index < -0.39 is 24.8 Å². The number of fused-ring (bicyclic) bond motifs is 1. The number of ether oxygens (including phenoxy) is 1. The van der Waals surface area contributed by atoms with Crippen LogP contribution in [-0.4, -0.2) is 46.1 Å². The molecule has 2 rings (SSSR count). The molecule has 0 radical (unpaired) electrons. The highest BCUT2D eigenvalue weighted by Gasteiger charge is 2.18. The molecule has 0 aliphatic heterocycles. The Morgan fingerprint density at radius 1 is 1.37 bits per heavy atom. The summed E-state index contributed by atoms with van der Waals surface area (Å²) in [5.74, 6) is -0.478. The maximum absolute atomic E-state index is 11.4. The number of H-pyrrole nitrogens is 1. The van der Waals surface area contributed by atoms with E-state index in [0.29, 0.717) is 16.8 Å². The second kappa shape index (κ2) is 5.40. The van der Waals surface area contributed by atoms with Gasteiger partial charge in [-0.25, -0.2) is 4.79 Å². The molecule has 0 aliphatic carbocycles. The molecule has 0 amide bonds. The molecule has 0 saturated carbocycles. The molecule has 6 nitrogen and oxygen atoms in total. The van der Waals surface area contributed by atoms with Crippen LogP contribution in [0.4, 0.5) is 0 Å². The van der Waals surface area contributed by atoms with Crippen molar-refractivity contribution in [1.82, 2.24) is 4.98 Å². The minimum absolute atomic E-state index is 0.312. The van der Waals surface area contributed by atoms with Gasteiger partial charge >= 0.3 is 5.97 Å². The first-order valence-electron chi connectivity index (χ1n) is 5.74. The van der Waals surface area contributed by atoms with Gasteiger partial charge < -0.3 is 25.0 Å². The average Bonchev–Trinajstić information content (AvgIpc) is 2.87. The molecule has 19 heavy (non-hydrogen) atoms. The third-order valence-corrected chi connectivity index (χ3v) is 2.94. The zero-order chi connectivity index (χ0) is 14.0. The fourth-order valence-electron chi connectivity index (χ4n) is 1.87. The Morgan fingerprint density at radius 2 is 2.11 bits per heavy atom. The van der Waals surface area contributed by atoms with Crippen LogP contribution in [0.3, 0.4) is 0 Å². The number of hydrogen-bond acceptors (Lipinski definition) is 5. The Bertz CT molecular complexity index is 592. The number of carbonyl (C=O) groups excluding carboxylic acids is 1. The van der Waals surface area contributed by atoms with E-state index in [1.54, 1.807) is 24.3 Å². The fraction of sp³-hybridized carbons (Fsp3) is 0.308. The molecule has 6 heteroatoms. The normalized spacial score (nSPS) is 14.3. The summed E-state index contributed by atoms with van der Waals surface area (Å²) in [6.07, 6.45) is -2.42. The van der Waals surface area contributed by atoms with Gasteiger partial charge in [-0.2, -0.15) is 0 Å². The van der Waals surface area contributed by atoms with Gasteiger partial charge in [-0.1, -0.05) is 12.1 Å². The third kappa shape index (κ3) is 2.60. The van der Waals surface area contributed by atoms with Gasteiger partial charge in [-0.3, -0.25) is 0 Å². The molecule has 2 aromatic rings. The SMILES string of the molecule is COC(=O)c1cc2ccc(C(O)C(O)CO)cc2[nH]1. The predicted octanol–water partition coefficient (Wildman–Crippen LogP) is 0.341. The maximum atomic E-state index is 11.4. The number of esters is 1. The molecule has 102 valence electrons. The van der Waals surface area contributed by atoms with Crippen LogP contribution in [0.15, 0.2) is 24.3 Å². The van der Waals surface area contributed by atoms with E-state index in [2.05, 4.69) is 9.72 Å². The lowest BCUT2D eigenvalue weighted by Gasteiger charge is -2.15. The third-order valence-electron chi connectivity index (χ3n) is 2.94. The van der Waals surface area contributed by atoms with Gasteiger partial charge in [0.05, 0.1) is 13.7 Å². The molecule has 0 saturated heterocycles.